The molecular weight excluding hydrogens is 486 g/mol. The standard InChI is InChI=1S/C30H39NO7/c1-3-19(15-20-8-11-22(32)12-9-20)10-13-25-27-21(17-37-2)16-23-28(24(27)18-38-25)30(36)31(29(23)35)14-6-4-5-7-26(33)34/h8-9,11-12,15,23-25,28,32H,3-7,10,13-14,16-18H2,1-2H3,(H,33,34)/b19-15+/t23-,24+,25-,28-/m1/s1. The third kappa shape index (κ3) is 6.18. The number of amides is 2. The van der Waals surface area contributed by atoms with Gasteiger partial charge in [0.2, 0.25) is 11.8 Å². The first-order valence-corrected chi connectivity index (χ1v) is 13.7. The monoisotopic (exact) mass is 525 g/mol. The van der Waals surface area contributed by atoms with Crippen LogP contribution in [0, 0.1) is 17.8 Å². The largest absolute Gasteiger partial charge is 0.508 e. The molecular formula is C30H39NO7. The number of benzene rings is 1. The molecule has 2 fully saturated rings. The van der Waals surface area contributed by atoms with Gasteiger partial charge in [0, 0.05) is 26.0 Å². The number of hydrogen-bond acceptors (Lipinski definition) is 6. The second-order valence-corrected chi connectivity index (χ2v) is 10.6. The fraction of sp³-hybridized carbons (Fsp3) is 0.567. The molecule has 8 nitrogen and oxygen atoms in total. The SMILES string of the molecule is CC/C(=C\c1ccc(O)cc1)CC[C@H]1OC[C@H]2C1=C(COC)C[C@H]1C(=O)N(CCCCCC(=O)O)C(=O)[C@H]12. The number of carboxylic acid groups (broad SMARTS) is 1. The Balaban J connectivity index is 1.45. The number of phenols is 1. The lowest BCUT2D eigenvalue weighted by atomic mass is 9.69. The molecule has 0 radical (unpaired) electrons. The van der Waals surface area contributed by atoms with Gasteiger partial charge in [0.1, 0.15) is 5.75 Å². The summed E-state index contributed by atoms with van der Waals surface area (Å²) in [6.07, 6.45) is 7.05. The summed E-state index contributed by atoms with van der Waals surface area (Å²) in [7, 11) is 1.65. The Morgan fingerprint density at radius 1 is 1.11 bits per heavy atom. The van der Waals surface area contributed by atoms with Crippen molar-refractivity contribution in [3.05, 3.63) is 46.5 Å². The van der Waals surface area contributed by atoms with Gasteiger partial charge >= 0.3 is 5.97 Å². The predicted octanol–water partition coefficient (Wildman–Crippen LogP) is 4.57. The average molecular weight is 526 g/mol. The van der Waals surface area contributed by atoms with Gasteiger partial charge in [-0.25, -0.2) is 0 Å². The maximum absolute atomic E-state index is 13.5. The van der Waals surface area contributed by atoms with Crippen molar-refractivity contribution in [2.45, 2.75) is 64.4 Å². The number of nitrogens with zero attached hydrogens (tertiary/aromatic N) is 1. The number of hydrogen-bond donors (Lipinski definition) is 2. The van der Waals surface area contributed by atoms with Gasteiger partial charge in [-0.15, -0.1) is 0 Å². The number of carboxylic acids is 1. The smallest absolute Gasteiger partial charge is 0.303 e. The fourth-order valence-electron chi connectivity index (χ4n) is 6.26. The van der Waals surface area contributed by atoms with Gasteiger partial charge < -0.3 is 19.7 Å². The number of carbonyl (C=O) groups excluding carboxylic acids is 2. The highest BCUT2D eigenvalue weighted by molar-refractivity contribution is 6.06. The molecule has 4 atom stereocenters. The number of imide groups is 1. The number of methoxy groups -OCH3 is 1. The van der Waals surface area contributed by atoms with Gasteiger partial charge in [-0.1, -0.05) is 37.1 Å². The summed E-state index contributed by atoms with van der Waals surface area (Å²) in [6, 6.07) is 7.16. The second-order valence-electron chi connectivity index (χ2n) is 10.6. The summed E-state index contributed by atoms with van der Waals surface area (Å²) < 4.78 is 11.8. The Bertz CT molecular complexity index is 1090. The van der Waals surface area contributed by atoms with Crippen LogP contribution >= 0.6 is 0 Å². The number of aromatic hydroxyl groups is 1. The minimum absolute atomic E-state index is 0.103. The fourth-order valence-corrected chi connectivity index (χ4v) is 6.26. The number of likely N-dealkylation sites (tertiary alicyclic amines) is 1. The van der Waals surface area contributed by atoms with Gasteiger partial charge in [-0.05, 0) is 67.4 Å². The zero-order valence-corrected chi connectivity index (χ0v) is 22.4. The molecule has 38 heavy (non-hydrogen) atoms. The van der Waals surface area contributed by atoms with E-state index in [1.807, 2.05) is 12.1 Å². The number of allylic oxidation sites excluding steroid dienone is 1. The number of ether oxygens (including phenoxy) is 2. The third-order valence-electron chi connectivity index (χ3n) is 8.14. The van der Waals surface area contributed by atoms with Crippen molar-refractivity contribution in [1.29, 1.82) is 0 Å². The molecule has 3 aliphatic rings. The summed E-state index contributed by atoms with van der Waals surface area (Å²) in [5.74, 6) is -1.67. The van der Waals surface area contributed by atoms with Gasteiger partial charge in [-0.3, -0.25) is 19.3 Å². The van der Waals surface area contributed by atoms with Crippen LogP contribution in [-0.4, -0.2) is 65.9 Å². The third-order valence-corrected chi connectivity index (χ3v) is 8.14. The van der Waals surface area contributed by atoms with Crippen LogP contribution in [0.2, 0.25) is 0 Å². The molecule has 0 saturated carbocycles. The van der Waals surface area contributed by atoms with E-state index >= 15 is 0 Å². The highest BCUT2D eigenvalue weighted by atomic mass is 16.5. The van der Waals surface area contributed by atoms with E-state index in [0.717, 1.165) is 36.0 Å². The zero-order valence-electron chi connectivity index (χ0n) is 22.4. The molecule has 0 spiro atoms. The molecule has 2 N–H and O–H groups in total. The average Bonchev–Trinajstić information content (AvgIpc) is 3.42. The molecule has 1 aliphatic carbocycles. The van der Waals surface area contributed by atoms with Crippen LogP contribution < -0.4 is 0 Å². The minimum atomic E-state index is -0.827. The van der Waals surface area contributed by atoms with Crippen molar-refractivity contribution in [2.75, 3.05) is 26.9 Å². The predicted molar refractivity (Wildman–Crippen MR) is 142 cm³/mol. The molecule has 206 valence electrons. The van der Waals surface area contributed by atoms with Crippen molar-refractivity contribution in [3.63, 3.8) is 0 Å². The van der Waals surface area contributed by atoms with E-state index < -0.39 is 5.97 Å². The molecule has 1 aromatic carbocycles. The summed E-state index contributed by atoms with van der Waals surface area (Å²) >= 11 is 0. The maximum Gasteiger partial charge on any atom is 0.303 e. The minimum Gasteiger partial charge on any atom is -0.508 e. The van der Waals surface area contributed by atoms with E-state index in [4.69, 9.17) is 14.6 Å². The first-order chi connectivity index (χ1) is 18.3. The zero-order chi connectivity index (χ0) is 27.2. The molecule has 2 saturated heterocycles. The quantitative estimate of drug-likeness (QED) is 0.220. The van der Waals surface area contributed by atoms with Crippen molar-refractivity contribution in [2.24, 2.45) is 17.8 Å². The normalized spacial score (nSPS) is 25.2. The highest BCUT2D eigenvalue weighted by Crippen LogP contribution is 2.50. The van der Waals surface area contributed by atoms with E-state index in [2.05, 4.69) is 13.0 Å². The molecule has 0 bridgehead atoms. The number of fused-ring (bicyclic) bond motifs is 3. The molecule has 0 aromatic heterocycles. The number of phenolic OH excluding ortho intramolecular Hbond substituents is 1. The maximum atomic E-state index is 13.5. The second kappa shape index (κ2) is 12.7. The Morgan fingerprint density at radius 3 is 2.55 bits per heavy atom. The molecule has 4 rings (SSSR count). The van der Waals surface area contributed by atoms with Crippen LogP contribution in [-0.2, 0) is 23.9 Å². The van der Waals surface area contributed by atoms with Crippen LogP contribution in [0.5, 0.6) is 5.75 Å². The molecule has 2 aliphatic heterocycles. The Kier molecular flexibility index (Phi) is 9.39. The number of rotatable bonds is 13. The van der Waals surface area contributed by atoms with Gasteiger partial charge in [-0.2, -0.15) is 0 Å². The molecule has 0 unspecified atom stereocenters. The number of unbranched alkanes of at least 4 members (excludes halogenated alkanes) is 2. The van der Waals surface area contributed by atoms with E-state index in [1.54, 1.807) is 19.2 Å². The molecule has 2 amide bonds. The summed E-state index contributed by atoms with van der Waals surface area (Å²) in [4.78, 5) is 38.9. The molecule has 1 aromatic rings. The molecule has 8 heteroatoms. The Hall–Kier alpha value is -2.97. The van der Waals surface area contributed by atoms with Gasteiger partial charge in [0.15, 0.2) is 0 Å². The summed E-state index contributed by atoms with van der Waals surface area (Å²) in [5, 5.41) is 18.4. The lowest BCUT2D eigenvalue weighted by molar-refractivity contribution is -0.141. The van der Waals surface area contributed by atoms with E-state index in [0.29, 0.717) is 45.4 Å². The van der Waals surface area contributed by atoms with Crippen molar-refractivity contribution < 1.29 is 34.1 Å². The lowest BCUT2D eigenvalue weighted by Crippen LogP contribution is -2.35. The number of carbonyl (C=O) groups is 3. The Morgan fingerprint density at radius 2 is 1.87 bits per heavy atom. The van der Waals surface area contributed by atoms with E-state index in [1.165, 1.54) is 10.5 Å². The highest BCUT2D eigenvalue weighted by Gasteiger charge is 2.56. The summed E-state index contributed by atoms with van der Waals surface area (Å²) in [5.41, 5.74) is 4.57. The van der Waals surface area contributed by atoms with E-state index in [-0.39, 0.29) is 47.8 Å². The van der Waals surface area contributed by atoms with Crippen LogP contribution in [0.25, 0.3) is 6.08 Å². The van der Waals surface area contributed by atoms with E-state index in [9.17, 15) is 19.5 Å². The van der Waals surface area contributed by atoms with Crippen LogP contribution in [0.4, 0.5) is 0 Å². The van der Waals surface area contributed by atoms with Gasteiger partial charge in [0.05, 0.1) is 31.2 Å². The topological polar surface area (TPSA) is 113 Å². The van der Waals surface area contributed by atoms with Crippen molar-refractivity contribution in [1.82, 2.24) is 4.90 Å². The van der Waals surface area contributed by atoms with Crippen LogP contribution in [0.15, 0.2) is 41.0 Å². The van der Waals surface area contributed by atoms with Gasteiger partial charge in [0.25, 0.3) is 0 Å². The first-order valence-electron chi connectivity index (χ1n) is 13.7. The number of aliphatic carboxylic acids is 1. The molecule has 2 heterocycles. The lowest BCUT2D eigenvalue weighted by Gasteiger charge is -2.31. The van der Waals surface area contributed by atoms with Crippen molar-refractivity contribution in [3.8, 4) is 5.75 Å². The van der Waals surface area contributed by atoms with Crippen LogP contribution in [0.3, 0.4) is 0 Å². The van der Waals surface area contributed by atoms with Crippen LogP contribution in [0.1, 0.15) is 63.9 Å². The summed E-state index contributed by atoms with van der Waals surface area (Å²) in [6.45, 7) is 3.33. The Labute approximate surface area is 224 Å². The van der Waals surface area contributed by atoms with Crippen molar-refractivity contribution >= 4 is 23.9 Å². The first kappa shape index (κ1) is 28.0.